The number of ether oxygens (including phenoxy) is 1. The molecular weight excluding hydrogens is 612 g/mol. The molecule has 0 fully saturated rings. The van der Waals surface area contributed by atoms with Crippen LogP contribution in [0.1, 0.15) is 52.3 Å². The zero-order chi connectivity index (χ0) is 33.2. The minimum atomic E-state index is -5.15. The minimum absolute atomic E-state index is 0.0259. The van der Waals surface area contributed by atoms with E-state index < -0.39 is 46.6 Å². The van der Waals surface area contributed by atoms with Crippen LogP contribution in [0, 0.1) is 0 Å². The zero-order valence-electron chi connectivity index (χ0n) is 24.6. The molecule has 5 rings (SSSR count). The molecule has 0 spiro atoms. The first kappa shape index (κ1) is 32.3. The summed E-state index contributed by atoms with van der Waals surface area (Å²) in [6.45, 7) is 1.48. The second kappa shape index (κ2) is 12.7. The fourth-order valence-corrected chi connectivity index (χ4v) is 5.24. The number of carbonyl (C=O) groups excluding carboxylic acids is 1. The lowest BCUT2D eigenvalue weighted by Gasteiger charge is -2.33. The van der Waals surface area contributed by atoms with Crippen LogP contribution in [0.15, 0.2) is 102 Å². The molecule has 0 N–H and O–H groups in total. The Balaban J connectivity index is 1.76. The minimum Gasteiger partial charge on any atom is -0.497 e. The largest absolute Gasteiger partial charge is 0.497 e. The molecule has 0 radical (unpaired) electrons. The smallest absolute Gasteiger partial charge is 0.416 e. The number of nitrogens with zero attached hydrogens (tertiary/aromatic N) is 3. The van der Waals surface area contributed by atoms with Gasteiger partial charge in [0.2, 0.25) is 0 Å². The first-order chi connectivity index (χ1) is 21.8. The van der Waals surface area contributed by atoms with Gasteiger partial charge in [-0.15, -0.1) is 0 Å². The predicted octanol–water partition coefficient (Wildman–Crippen LogP) is 8.23. The molecule has 0 aliphatic carbocycles. The Morgan fingerprint density at radius 2 is 1.43 bits per heavy atom. The fraction of sp³-hybridized carbons (Fsp3) is 0.206. The molecule has 4 aromatic carbocycles. The highest BCUT2D eigenvalue weighted by atomic mass is 19.4. The number of alkyl halides is 6. The van der Waals surface area contributed by atoms with Gasteiger partial charge < -0.3 is 9.64 Å². The normalized spacial score (nSPS) is 12.6. The van der Waals surface area contributed by atoms with Crippen LogP contribution in [0.3, 0.4) is 0 Å². The average molecular weight is 640 g/mol. The van der Waals surface area contributed by atoms with Crippen molar-refractivity contribution in [2.45, 2.75) is 38.3 Å². The maximum absolute atomic E-state index is 14.2. The quantitative estimate of drug-likeness (QED) is 0.161. The van der Waals surface area contributed by atoms with E-state index in [0.717, 1.165) is 4.90 Å². The predicted molar refractivity (Wildman–Crippen MR) is 160 cm³/mol. The molecule has 0 aliphatic rings. The molecule has 0 aliphatic heterocycles. The Kier molecular flexibility index (Phi) is 8.91. The number of hydrogen-bond acceptors (Lipinski definition) is 4. The van der Waals surface area contributed by atoms with Gasteiger partial charge in [-0.05, 0) is 66.6 Å². The van der Waals surface area contributed by atoms with Crippen LogP contribution in [0.4, 0.5) is 26.3 Å². The number of amides is 1. The van der Waals surface area contributed by atoms with Crippen LogP contribution in [0.5, 0.6) is 5.75 Å². The van der Waals surface area contributed by atoms with Gasteiger partial charge in [-0.25, -0.2) is 4.98 Å². The van der Waals surface area contributed by atoms with Crippen molar-refractivity contribution in [1.29, 1.82) is 0 Å². The van der Waals surface area contributed by atoms with E-state index in [9.17, 15) is 35.9 Å². The highest BCUT2D eigenvalue weighted by Crippen LogP contribution is 2.38. The average Bonchev–Trinajstić information content (AvgIpc) is 3.04. The van der Waals surface area contributed by atoms with E-state index in [2.05, 4.69) is 0 Å². The Morgan fingerprint density at radius 1 is 0.848 bits per heavy atom. The van der Waals surface area contributed by atoms with Crippen molar-refractivity contribution in [3.63, 3.8) is 0 Å². The number of methoxy groups -OCH3 is 1. The topological polar surface area (TPSA) is 64.4 Å². The van der Waals surface area contributed by atoms with Crippen LogP contribution >= 0.6 is 0 Å². The standard InChI is InChI=1S/C34H27F6N3O3/c1-3-29(30-41-28-12-8-7-11-27(28)32(45)43(30)25-13-15-26(46-2)16-14-25)42(20-21-9-5-4-6-10-21)31(44)22-17-23(33(35,36)37)19-24(18-22)34(38,39)40/h4-19,29H,3,20H2,1-2H3. The molecule has 12 heteroatoms. The van der Waals surface area contributed by atoms with Gasteiger partial charge in [-0.1, -0.05) is 49.4 Å². The number of benzene rings is 4. The second-order valence-electron chi connectivity index (χ2n) is 10.5. The molecule has 238 valence electrons. The summed E-state index contributed by atoms with van der Waals surface area (Å²) in [5.74, 6) is -0.523. The number of halogens is 6. The molecule has 0 bridgehead atoms. The fourth-order valence-electron chi connectivity index (χ4n) is 5.24. The highest BCUT2D eigenvalue weighted by Gasteiger charge is 2.39. The maximum atomic E-state index is 14.2. The third kappa shape index (κ3) is 6.60. The molecule has 1 unspecified atom stereocenters. The zero-order valence-corrected chi connectivity index (χ0v) is 24.6. The van der Waals surface area contributed by atoms with Crippen LogP contribution in [0.25, 0.3) is 16.6 Å². The Labute approximate surface area is 259 Å². The van der Waals surface area contributed by atoms with Crippen LogP contribution in [-0.4, -0.2) is 27.5 Å². The molecule has 6 nitrogen and oxygen atoms in total. The van der Waals surface area contributed by atoms with E-state index in [0.29, 0.717) is 34.6 Å². The lowest BCUT2D eigenvalue weighted by atomic mass is 10.0. The van der Waals surface area contributed by atoms with Gasteiger partial charge in [0.05, 0.1) is 40.9 Å². The number of fused-ring (bicyclic) bond motifs is 1. The summed E-state index contributed by atoms with van der Waals surface area (Å²) >= 11 is 0. The van der Waals surface area contributed by atoms with Gasteiger partial charge >= 0.3 is 12.4 Å². The summed E-state index contributed by atoms with van der Waals surface area (Å²) in [5, 5.41) is 0.269. The Morgan fingerprint density at radius 3 is 2.00 bits per heavy atom. The third-order valence-corrected chi connectivity index (χ3v) is 7.48. The maximum Gasteiger partial charge on any atom is 0.416 e. The van der Waals surface area contributed by atoms with Crippen molar-refractivity contribution in [3.05, 3.63) is 135 Å². The first-order valence-electron chi connectivity index (χ1n) is 14.1. The lowest BCUT2D eigenvalue weighted by Crippen LogP contribution is -2.38. The van der Waals surface area contributed by atoms with Gasteiger partial charge in [-0.2, -0.15) is 26.3 Å². The summed E-state index contributed by atoms with van der Waals surface area (Å²) in [4.78, 5) is 34.1. The third-order valence-electron chi connectivity index (χ3n) is 7.48. The summed E-state index contributed by atoms with van der Waals surface area (Å²) in [6, 6.07) is 21.2. The summed E-state index contributed by atoms with van der Waals surface area (Å²) in [7, 11) is 1.47. The molecule has 1 heterocycles. The van der Waals surface area contributed by atoms with E-state index in [1.165, 1.54) is 11.7 Å². The first-order valence-corrected chi connectivity index (χ1v) is 14.1. The molecule has 5 aromatic rings. The highest BCUT2D eigenvalue weighted by molar-refractivity contribution is 5.95. The Hall–Kier alpha value is -5.13. The van der Waals surface area contributed by atoms with Crippen LogP contribution in [-0.2, 0) is 18.9 Å². The molecule has 0 saturated carbocycles. The summed E-state index contributed by atoms with van der Waals surface area (Å²) < 4.78 is 89.2. The monoisotopic (exact) mass is 639 g/mol. The van der Waals surface area contributed by atoms with Crippen LogP contribution in [0.2, 0.25) is 0 Å². The molecule has 1 amide bonds. The van der Waals surface area contributed by atoms with Crippen molar-refractivity contribution in [2.24, 2.45) is 0 Å². The number of aromatic nitrogens is 2. The molecular formula is C34H27F6N3O3. The SMILES string of the molecule is CCC(c1nc2ccccc2c(=O)n1-c1ccc(OC)cc1)N(Cc1ccccc1)C(=O)c1cc(C(F)(F)F)cc(C(F)(F)F)c1. The van der Waals surface area contributed by atoms with E-state index in [4.69, 9.17) is 9.72 Å². The summed E-state index contributed by atoms with van der Waals surface area (Å²) in [5.41, 5.74) is -3.30. The Bertz CT molecular complexity index is 1890. The summed E-state index contributed by atoms with van der Waals surface area (Å²) in [6.07, 6.45) is -10.2. The van der Waals surface area contributed by atoms with E-state index >= 15 is 0 Å². The number of rotatable bonds is 8. The number of carbonyl (C=O) groups is 1. The molecule has 1 aromatic heterocycles. The van der Waals surface area contributed by atoms with Crippen molar-refractivity contribution < 1.29 is 35.9 Å². The van der Waals surface area contributed by atoms with Crippen molar-refractivity contribution in [2.75, 3.05) is 7.11 Å². The van der Waals surface area contributed by atoms with Crippen molar-refractivity contribution in [1.82, 2.24) is 14.5 Å². The van der Waals surface area contributed by atoms with Crippen molar-refractivity contribution >= 4 is 16.8 Å². The van der Waals surface area contributed by atoms with Crippen LogP contribution < -0.4 is 10.3 Å². The molecule has 0 saturated heterocycles. The van der Waals surface area contributed by atoms with Gasteiger partial charge in [-0.3, -0.25) is 14.2 Å². The second-order valence-corrected chi connectivity index (χ2v) is 10.5. The van der Waals surface area contributed by atoms with Gasteiger partial charge in [0, 0.05) is 12.1 Å². The number of hydrogen-bond donors (Lipinski definition) is 0. The molecule has 46 heavy (non-hydrogen) atoms. The van der Waals surface area contributed by atoms with Gasteiger partial charge in [0.25, 0.3) is 11.5 Å². The van der Waals surface area contributed by atoms with Crippen molar-refractivity contribution in [3.8, 4) is 11.4 Å². The van der Waals surface area contributed by atoms with E-state index in [1.54, 1.807) is 85.8 Å². The lowest BCUT2D eigenvalue weighted by molar-refractivity contribution is -0.143. The van der Waals surface area contributed by atoms with Gasteiger partial charge in [0.15, 0.2) is 0 Å². The van der Waals surface area contributed by atoms with E-state index in [1.807, 2.05) is 0 Å². The van der Waals surface area contributed by atoms with E-state index in [-0.39, 0.29) is 30.2 Å². The molecule has 1 atom stereocenters. The number of para-hydroxylation sites is 1. The van der Waals surface area contributed by atoms with Gasteiger partial charge in [0.1, 0.15) is 11.6 Å².